The van der Waals surface area contributed by atoms with Gasteiger partial charge in [-0.05, 0) is 68.5 Å². The molecule has 36 heavy (non-hydrogen) atoms. The van der Waals surface area contributed by atoms with Gasteiger partial charge in [0.05, 0.1) is 10.0 Å². The standard InChI is InChI=1S/C25H30Cl3N3O4S/c26-18-13-20(27)24(21(28)14-18)36(33,34)25(22-5-4-10-29-22)35-16-23(32)30-15-17-6-8-19(9-7-17)31-11-2-1-3-12-31/h6-9,13-14,22,25,29H,1-5,10-12,15-16H2,(H,30,32). The second-order valence-electron chi connectivity index (χ2n) is 9.12. The molecular formula is C25H30Cl3N3O4S. The van der Waals surface area contributed by atoms with Gasteiger partial charge in [0, 0.05) is 36.4 Å². The summed E-state index contributed by atoms with van der Waals surface area (Å²) in [7, 11) is -4.13. The molecule has 2 N–H and O–H groups in total. The van der Waals surface area contributed by atoms with Crippen LogP contribution in [0, 0.1) is 0 Å². The summed E-state index contributed by atoms with van der Waals surface area (Å²) >= 11 is 18.4. The third-order valence-electron chi connectivity index (χ3n) is 6.51. The van der Waals surface area contributed by atoms with Gasteiger partial charge < -0.3 is 20.3 Å². The first-order chi connectivity index (χ1) is 17.3. The number of ether oxygens (including phenoxy) is 1. The first-order valence-electron chi connectivity index (χ1n) is 12.1. The molecule has 0 bridgehead atoms. The Morgan fingerprint density at radius 2 is 1.72 bits per heavy atom. The zero-order valence-electron chi connectivity index (χ0n) is 19.8. The average molecular weight is 575 g/mol. The van der Waals surface area contributed by atoms with E-state index in [9.17, 15) is 13.2 Å². The third-order valence-corrected chi connectivity index (χ3v) is 9.63. The van der Waals surface area contributed by atoms with Gasteiger partial charge in [0.1, 0.15) is 11.5 Å². The number of halogens is 3. The van der Waals surface area contributed by atoms with E-state index < -0.39 is 33.8 Å². The number of amides is 1. The lowest BCUT2D eigenvalue weighted by Gasteiger charge is -2.28. The minimum atomic E-state index is -4.13. The summed E-state index contributed by atoms with van der Waals surface area (Å²) in [5, 5.41) is 6.00. The summed E-state index contributed by atoms with van der Waals surface area (Å²) in [4.78, 5) is 14.7. The average Bonchev–Trinajstić information content (AvgIpc) is 3.37. The van der Waals surface area contributed by atoms with Crippen LogP contribution in [0.25, 0.3) is 0 Å². The predicted octanol–water partition coefficient (Wildman–Crippen LogP) is 4.82. The van der Waals surface area contributed by atoms with Gasteiger partial charge in [-0.2, -0.15) is 0 Å². The van der Waals surface area contributed by atoms with Crippen LogP contribution in [-0.2, 0) is 25.9 Å². The molecule has 2 atom stereocenters. The number of carbonyl (C=O) groups excluding carboxylic acids is 1. The molecule has 2 unspecified atom stereocenters. The molecule has 2 aromatic carbocycles. The molecule has 2 fully saturated rings. The van der Waals surface area contributed by atoms with Crippen LogP contribution in [-0.4, -0.2) is 52.0 Å². The highest BCUT2D eigenvalue weighted by Crippen LogP contribution is 2.36. The number of nitrogens with one attached hydrogen (secondary N) is 2. The van der Waals surface area contributed by atoms with Crippen molar-refractivity contribution < 1.29 is 17.9 Å². The number of hydrogen-bond acceptors (Lipinski definition) is 6. The Bertz CT molecular complexity index is 1140. The Kier molecular flexibility index (Phi) is 9.41. The van der Waals surface area contributed by atoms with Crippen LogP contribution in [0.5, 0.6) is 0 Å². The van der Waals surface area contributed by atoms with E-state index in [1.165, 1.54) is 37.1 Å². The zero-order chi connectivity index (χ0) is 25.7. The van der Waals surface area contributed by atoms with Crippen LogP contribution in [0.3, 0.4) is 0 Å². The lowest BCUT2D eigenvalue weighted by molar-refractivity contribution is -0.126. The summed E-state index contributed by atoms with van der Waals surface area (Å²) in [5.74, 6) is -0.415. The van der Waals surface area contributed by atoms with Gasteiger partial charge >= 0.3 is 0 Å². The number of nitrogens with zero attached hydrogens (tertiary/aromatic N) is 1. The van der Waals surface area contributed by atoms with Crippen molar-refractivity contribution in [3.63, 3.8) is 0 Å². The maximum Gasteiger partial charge on any atom is 0.246 e. The molecule has 196 valence electrons. The molecule has 2 aromatic rings. The first-order valence-corrected chi connectivity index (χ1v) is 14.8. The zero-order valence-corrected chi connectivity index (χ0v) is 22.9. The van der Waals surface area contributed by atoms with Crippen molar-refractivity contribution in [1.29, 1.82) is 0 Å². The third kappa shape index (κ3) is 6.65. The van der Waals surface area contributed by atoms with Crippen LogP contribution < -0.4 is 15.5 Å². The Morgan fingerprint density at radius 3 is 2.33 bits per heavy atom. The maximum absolute atomic E-state index is 13.5. The van der Waals surface area contributed by atoms with E-state index in [0.29, 0.717) is 19.5 Å². The molecular weight excluding hydrogens is 545 g/mol. The smallest absolute Gasteiger partial charge is 0.246 e. The number of rotatable bonds is 9. The molecule has 2 heterocycles. The molecule has 7 nitrogen and oxygen atoms in total. The van der Waals surface area contributed by atoms with Crippen LogP contribution >= 0.6 is 34.8 Å². The summed E-state index contributed by atoms with van der Waals surface area (Å²) in [6.07, 6.45) is 5.07. The van der Waals surface area contributed by atoms with E-state index in [-0.39, 0.29) is 20.0 Å². The van der Waals surface area contributed by atoms with Gasteiger partial charge in [-0.1, -0.05) is 46.9 Å². The summed E-state index contributed by atoms with van der Waals surface area (Å²) in [6.45, 7) is 2.69. The van der Waals surface area contributed by atoms with Crippen molar-refractivity contribution >= 4 is 56.2 Å². The van der Waals surface area contributed by atoms with E-state index in [1.54, 1.807) is 0 Å². The SMILES string of the molecule is O=C(COC(C1CCCN1)S(=O)(=O)c1c(Cl)cc(Cl)cc1Cl)NCc1ccc(N2CCCCC2)cc1. The Balaban J connectivity index is 1.38. The van der Waals surface area contributed by atoms with Gasteiger partial charge in [0.25, 0.3) is 0 Å². The second-order valence-corrected chi connectivity index (χ2v) is 12.3. The second kappa shape index (κ2) is 12.3. The highest BCUT2D eigenvalue weighted by Gasteiger charge is 2.40. The summed E-state index contributed by atoms with van der Waals surface area (Å²) < 4.78 is 32.7. The topological polar surface area (TPSA) is 87.7 Å². The van der Waals surface area contributed by atoms with Crippen molar-refractivity contribution in [2.45, 2.75) is 55.0 Å². The molecule has 2 aliphatic rings. The van der Waals surface area contributed by atoms with Crippen LogP contribution in [0.4, 0.5) is 5.69 Å². The lowest BCUT2D eigenvalue weighted by Crippen LogP contribution is -2.44. The van der Waals surface area contributed by atoms with Crippen molar-refractivity contribution in [2.75, 3.05) is 31.1 Å². The van der Waals surface area contributed by atoms with Crippen molar-refractivity contribution in [3.05, 3.63) is 57.0 Å². The number of anilines is 1. The van der Waals surface area contributed by atoms with Crippen LogP contribution in [0.2, 0.25) is 15.1 Å². The number of hydrogen-bond donors (Lipinski definition) is 2. The first kappa shape index (κ1) is 27.5. The summed E-state index contributed by atoms with van der Waals surface area (Å²) in [6, 6.07) is 10.3. The number of sulfone groups is 1. The highest BCUT2D eigenvalue weighted by molar-refractivity contribution is 7.92. The summed E-state index contributed by atoms with van der Waals surface area (Å²) in [5.41, 5.74) is 0.806. The molecule has 0 radical (unpaired) electrons. The van der Waals surface area contributed by atoms with Crippen LogP contribution in [0.1, 0.15) is 37.7 Å². The molecule has 0 spiro atoms. The fraction of sp³-hybridized carbons (Fsp3) is 0.480. The van der Waals surface area contributed by atoms with Gasteiger partial charge in [0.2, 0.25) is 15.7 Å². The molecule has 0 saturated carbocycles. The van der Waals surface area contributed by atoms with Crippen molar-refractivity contribution in [3.8, 4) is 0 Å². The minimum absolute atomic E-state index is 0.0865. The lowest BCUT2D eigenvalue weighted by atomic mass is 10.1. The van der Waals surface area contributed by atoms with E-state index in [2.05, 4.69) is 27.7 Å². The van der Waals surface area contributed by atoms with Gasteiger partial charge in [-0.15, -0.1) is 0 Å². The van der Waals surface area contributed by atoms with E-state index in [1.807, 2.05) is 12.1 Å². The number of benzene rings is 2. The van der Waals surface area contributed by atoms with Gasteiger partial charge in [0.15, 0.2) is 5.44 Å². The Hall–Kier alpha value is -1.55. The van der Waals surface area contributed by atoms with Gasteiger partial charge in [-0.3, -0.25) is 4.79 Å². The number of piperidine rings is 1. The van der Waals surface area contributed by atoms with Crippen molar-refractivity contribution in [2.24, 2.45) is 0 Å². The Morgan fingerprint density at radius 1 is 1.06 bits per heavy atom. The Labute approximate surface area is 227 Å². The maximum atomic E-state index is 13.5. The predicted molar refractivity (Wildman–Crippen MR) is 144 cm³/mol. The molecule has 11 heteroatoms. The molecule has 2 saturated heterocycles. The fourth-order valence-electron chi connectivity index (χ4n) is 4.67. The highest BCUT2D eigenvalue weighted by atomic mass is 35.5. The normalized spacial score (nSPS) is 19.3. The molecule has 1 amide bonds. The fourth-order valence-corrected chi connectivity index (χ4v) is 7.94. The molecule has 0 aliphatic carbocycles. The van der Waals surface area contributed by atoms with Crippen LogP contribution in [0.15, 0.2) is 41.3 Å². The number of carbonyl (C=O) groups is 1. The van der Waals surface area contributed by atoms with Crippen molar-refractivity contribution in [1.82, 2.24) is 10.6 Å². The van der Waals surface area contributed by atoms with E-state index in [0.717, 1.165) is 25.1 Å². The van der Waals surface area contributed by atoms with Gasteiger partial charge in [-0.25, -0.2) is 8.42 Å². The monoisotopic (exact) mass is 573 g/mol. The molecule has 4 rings (SSSR count). The quantitative estimate of drug-likeness (QED) is 0.446. The molecule has 0 aromatic heterocycles. The largest absolute Gasteiger partial charge is 0.372 e. The minimum Gasteiger partial charge on any atom is -0.372 e. The van der Waals surface area contributed by atoms with E-state index >= 15 is 0 Å². The van der Waals surface area contributed by atoms with E-state index in [4.69, 9.17) is 39.5 Å². The molecule has 2 aliphatic heterocycles.